The third-order valence-electron chi connectivity index (χ3n) is 2.95. The van der Waals surface area contributed by atoms with Gasteiger partial charge in [0, 0.05) is 6.54 Å². The van der Waals surface area contributed by atoms with Crippen molar-refractivity contribution in [2.75, 3.05) is 13.1 Å². The molecule has 4 nitrogen and oxygen atoms in total. The molecule has 0 atom stereocenters. The number of amides is 1. The number of aryl methyl sites for hydroxylation is 2. The number of rotatable bonds is 6. The predicted molar refractivity (Wildman–Crippen MR) is 74.0 cm³/mol. The Hall–Kier alpha value is -2.10. The average Bonchev–Trinajstić information content (AvgIpc) is 2.33. The Balaban J connectivity index is 2.77. The lowest BCUT2D eigenvalue weighted by atomic mass is 10.0. The summed E-state index contributed by atoms with van der Waals surface area (Å²) in [7, 11) is 0. The molecule has 1 rings (SSSR count). The fourth-order valence-electron chi connectivity index (χ4n) is 1.77. The number of carbonyl (C=O) groups excluding carboxylic acids is 1. The monoisotopic (exact) mass is 261 g/mol. The Bertz CT molecular complexity index is 494. The summed E-state index contributed by atoms with van der Waals surface area (Å²) in [6, 6.07) is 5.82. The van der Waals surface area contributed by atoms with Gasteiger partial charge in [0.15, 0.2) is 0 Å². The van der Waals surface area contributed by atoms with Crippen LogP contribution in [0.3, 0.4) is 0 Å². The molecular formula is C15H19NO3. The van der Waals surface area contributed by atoms with Crippen molar-refractivity contribution in [3.05, 3.63) is 47.5 Å². The van der Waals surface area contributed by atoms with E-state index < -0.39 is 5.97 Å². The van der Waals surface area contributed by atoms with Gasteiger partial charge < -0.3 is 10.0 Å². The van der Waals surface area contributed by atoms with Gasteiger partial charge in [0.2, 0.25) is 5.91 Å². The first-order chi connectivity index (χ1) is 8.93. The summed E-state index contributed by atoms with van der Waals surface area (Å²) < 4.78 is 0. The molecule has 0 spiro atoms. The van der Waals surface area contributed by atoms with E-state index in [-0.39, 0.29) is 25.4 Å². The van der Waals surface area contributed by atoms with Crippen LogP contribution in [-0.2, 0) is 16.0 Å². The number of aliphatic carboxylic acids is 1. The molecule has 1 amide bonds. The fraction of sp³-hybridized carbons (Fsp3) is 0.333. The number of nitrogens with zero attached hydrogens (tertiary/aromatic N) is 1. The maximum atomic E-state index is 12.0. The highest BCUT2D eigenvalue weighted by molar-refractivity contribution is 5.83. The highest BCUT2D eigenvalue weighted by atomic mass is 16.4. The third kappa shape index (κ3) is 4.58. The first-order valence-corrected chi connectivity index (χ1v) is 6.10. The van der Waals surface area contributed by atoms with Crippen LogP contribution in [0.4, 0.5) is 0 Å². The van der Waals surface area contributed by atoms with Crippen molar-refractivity contribution in [3.8, 4) is 0 Å². The molecule has 4 heteroatoms. The normalized spacial score (nSPS) is 10.0. The SMILES string of the molecule is C=CCN(CC(=O)O)C(=O)Cc1ccc(C)c(C)c1. The predicted octanol–water partition coefficient (Wildman–Crippen LogP) is 1.95. The van der Waals surface area contributed by atoms with Crippen molar-refractivity contribution in [2.24, 2.45) is 0 Å². The summed E-state index contributed by atoms with van der Waals surface area (Å²) in [6.07, 6.45) is 1.74. The van der Waals surface area contributed by atoms with Gasteiger partial charge in [0.05, 0.1) is 6.42 Å². The zero-order valence-corrected chi connectivity index (χ0v) is 11.3. The van der Waals surface area contributed by atoms with Crippen LogP contribution in [0.1, 0.15) is 16.7 Å². The van der Waals surface area contributed by atoms with Crippen LogP contribution in [0.5, 0.6) is 0 Å². The highest BCUT2D eigenvalue weighted by Gasteiger charge is 2.15. The van der Waals surface area contributed by atoms with Crippen LogP contribution in [0, 0.1) is 13.8 Å². The molecule has 0 radical (unpaired) electrons. The lowest BCUT2D eigenvalue weighted by Crippen LogP contribution is -2.36. The van der Waals surface area contributed by atoms with Gasteiger partial charge in [-0.15, -0.1) is 6.58 Å². The molecule has 1 aromatic rings. The van der Waals surface area contributed by atoms with Crippen LogP contribution in [0.15, 0.2) is 30.9 Å². The van der Waals surface area contributed by atoms with Crippen molar-refractivity contribution in [1.29, 1.82) is 0 Å². The minimum atomic E-state index is -1.02. The van der Waals surface area contributed by atoms with Gasteiger partial charge in [-0.05, 0) is 30.5 Å². The number of carboxylic acid groups (broad SMARTS) is 1. The first kappa shape index (κ1) is 15.0. The van der Waals surface area contributed by atoms with E-state index >= 15 is 0 Å². The second kappa shape index (κ2) is 6.73. The Labute approximate surface area is 113 Å². The number of hydrogen-bond acceptors (Lipinski definition) is 2. The highest BCUT2D eigenvalue weighted by Crippen LogP contribution is 2.11. The van der Waals surface area contributed by atoms with Gasteiger partial charge in [-0.2, -0.15) is 0 Å². The molecule has 0 aliphatic carbocycles. The van der Waals surface area contributed by atoms with Gasteiger partial charge in [0.25, 0.3) is 0 Å². The van der Waals surface area contributed by atoms with Crippen molar-refractivity contribution >= 4 is 11.9 Å². The summed E-state index contributed by atoms with van der Waals surface area (Å²) in [5, 5.41) is 8.78. The molecule has 0 aliphatic heterocycles. The van der Waals surface area contributed by atoms with Crippen molar-refractivity contribution in [3.63, 3.8) is 0 Å². The third-order valence-corrected chi connectivity index (χ3v) is 2.95. The van der Waals surface area contributed by atoms with Gasteiger partial charge in [-0.3, -0.25) is 9.59 Å². The molecule has 0 saturated heterocycles. The quantitative estimate of drug-likeness (QED) is 0.796. The molecule has 1 aromatic carbocycles. The van der Waals surface area contributed by atoms with E-state index in [1.54, 1.807) is 0 Å². The minimum Gasteiger partial charge on any atom is -0.480 e. The number of carboxylic acids is 1. The van der Waals surface area contributed by atoms with E-state index in [9.17, 15) is 9.59 Å². The van der Waals surface area contributed by atoms with Gasteiger partial charge in [-0.25, -0.2) is 0 Å². The smallest absolute Gasteiger partial charge is 0.323 e. The standard InChI is InChI=1S/C15H19NO3/c1-4-7-16(10-15(18)19)14(17)9-13-6-5-11(2)12(3)8-13/h4-6,8H,1,7,9-10H2,2-3H3,(H,18,19). The molecule has 0 bridgehead atoms. The molecule has 0 saturated carbocycles. The van der Waals surface area contributed by atoms with Crippen molar-refractivity contribution < 1.29 is 14.7 Å². The minimum absolute atomic E-state index is 0.203. The molecule has 1 N–H and O–H groups in total. The van der Waals surface area contributed by atoms with Gasteiger partial charge >= 0.3 is 5.97 Å². The summed E-state index contributed by atoms with van der Waals surface area (Å²) in [5.74, 6) is -1.22. The lowest BCUT2D eigenvalue weighted by molar-refractivity contribution is -0.143. The molecule has 0 unspecified atom stereocenters. The lowest BCUT2D eigenvalue weighted by Gasteiger charge is -2.19. The molecule has 0 aromatic heterocycles. The van der Waals surface area contributed by atoms with Crippen LogP contribution in [-0.4, -0.2) is 35.0 Å². The molecule has 0 fully saturated rings. The van der Waals surface area contributed by atoms with E-state index in [0.717, 1.165) is 11.1 Å². The summed E-state index contributed by atoms with van der Waals surface area (Å²) in [5.41, 5.74) is 3.19. The van der Waals surface area contributed by atoms with Crippen molar-refractivity contribution in [1.82, 2.24) is 4.90 Å². The maximum absolute atomic E-state index is 12.0. The number of benzene rings is 1. The average molecular weight is 261 g/mol. The molecule has 19 heavy (non-hydrogen) atoms. The molecule has 102 valence electrons. The van der Waals surface area contributed by atoms with Crippen LogP contribution in [0.25, 0.3) is 0 Å². The van der Waals surface area contributed by atoms with E-state index in [2.05, 4.69) is 6.58 Å². The van der Waals surface area contributed by atoms with E-state index in [0.29, 0.717) is 0 Å². The molecule has 0 heterocycles. The zero-order valence-electron chi connectivity index (χ0n) is 11.3. The Morgan fingerprint density at radius 3 is 2.53 bits per heavy atom. The molecule has 0 aliphatic rings. The zero-order chi connectivity index (χ0) is 14.4. The largest absolute Gasteiger partial charge is 0.480 e. The Kier molecular flexibility index (Phi) is 5.30. The number of carbonyl (C=O) groups is 2. The van der Waals surface area contributed by atoms with Crippen LogP contribution < -0.4 is 0 Å². The summed E-state index contributed by atoms with van der Waals surface area (Å²) >= 11 is 0. The van der Waals surface area contributed by atoms with E-state index in [1.165, 1.54) is 16.5 Å². The van der Waals surface area contributed by atoms with E-state index in [4.69, 9.17) is 5.11 Å². The van der Waals surface area contributed by atoms with Gasteiger partial charge in [-0.1, -0.05) is 24.3 Å². The first-order valence-electron chi connectivity index (χ1n) is 6.10. The van der Waals surface area contributed by atoms with E-state index in [1.807, 2.05) is 32.0 Å². The molecular weight excluding hydrogens is 242 g/mol. The Morgan fingerprint density at radius 1 is 1.32 bits per heavy atom. The summed E-state index contributed by atoms with van der Waals surface area (Å²) in [4.78, 5) is 24.0. The van der Waals surface area contributed by atoms with Crippen LogP contribution >= 0.6 is 0 Å². The Morgan fingerprint density at radius 2 is 2.00 bits per heavy atom. The fourth-order valence-corrected chi connectivity index (χ4v) is 1.77. The van der Waals surface area contributed by atoms with Crippen LogP contribution in [0.2, 0.25) is 0 Å². The van der Waals surface area contributed by atoms with Gasteiger partial charge in [0.1, 0.15) is 6.54 Å². The topological polar surface area (TPSA) is 57.6 Å². The second-order valence-corrected chi connectivity index (χ2v) is 4.55. The second-order valence-electron chi connectivity index (χ2n) is 4.55. The number of hydrogen-bond donors (Lipinski definition) is 1. The maximum Gasteiger partial charge on any atom is 0.323 e. The van der Waals surface area contributed by atoms with Crippen molar-refractivity contribution in [2.45, 2.75) is 20.3 Å². The summed E-state index contributed by atoms with van der Waals surface area (Å²) in [6.45, 7) is 7.48.